The summed E-state index contributed by atoms with van der Waals surface area (Å²) in [6.07, 6.45) is 0. The van der Waals surface area contributed by atoms with Crippen LogP contribution in [0.25, 0.3) is 10.2 Å². The number of hydrogen-bond donors (Lipinski definition) is 0. The van der Waals surface area contributed by atoms with Gasteiger partial charge in [0, 0.05) is 6.07 Å². The molecule has 0 bridgehead atoms. The van der Waals surface area contributed by atoms with Crippen molar-refractivity contribution in [1.82, 2.24) is 9.88 Å². The van der Waals surface area contributed by atoms with Crippen LogP contribution in [0.3, 0.4) is 0 Å². The lowest BCUT2D eigenvalue weighted by Crippen LogP contribution is -2.40. The van der Waals surface area contributed by atoms with Crippen LogP contribution in [0.15, 0.2) is 36.4 Å². The summed E-state index contributed by atoms with van der Waals surface area (Å²) in [7, 11) is 1.92. The number of hydrogen-bond acceptors (Lipinski definition) is 7. The molecule has 1 aromatic heterocycles. The Kier molecular flexibility index (Phi) is 4.25. The highest BCUT2D eigenvalue weighted by Gasteiger charge is 2.38. The minimum absolute atomic E-state index is 0.0171. The Morgan fingerprint density at radius 3 is 2.66 bits per heavy atom. The topological polar surface area (TPSA) is 72.0 Å². The second kappa shape index (κ2) is 6.82. The number of fused-ring (bicyclic) bond motifs is 3. The van der Waals surface area contributed by atoms with Crippen molar-refractivity contribution >= 4 is 38.9 Å². The maximum absolute atomic E-state index is 12.7. The predicted octanol–water partition coefficient (Wildman–Crippen LogP) is 3.25. The van der Waals surface area contributed by atoms with E-state index in [1.807, 2.05) is 43.1 Å². The Hall–Kier alpha value is -2.97. The van der Waals surface area contributed by atoms with Crippen LogP contribution in [0.1, 0.15) is 28.3 Å². The maximum atomic E-state index is 12.7. The molecule has 1 atom stereocenters. The number of carbonyl (C=O) groups is 2. The quantitative estimate of drug-likeness (QED) is 0.616. The molecule has 5 rings (SSSR count). The van der Waals surface area contributed by atoms with Gasteiger partial charge >= 0.3 is 5.91 Å². The molecule has 0 N–H and O–H groups in total. The number of benzene rings is 2. The first-order chi connectivity index (χ1) is 14.0. The molecule has 0 fully saturated rings. The lowest BCUT2D eigenvalue weighted by atomic mass is 10.1. The maximum Gasteiger partial charge on any atom is 0.300 e. The number of ether oxygens (including phenoxy) is 2. The molecule has 3 heterocycles. The lowest BCUT2D eigenvalue weighted by Gasteiger charge is -2.28. The Morgan fingerprint density at radius 1 is 1.17 bits per heavy atom. The molecule has 0 saturated carbocycles. The number of para-hydroxylation sites is 1. The highest BCUT2D eigenvalue weighted by molar-refractivity contribution is 7.18. The van der Waals surface area contributed by atoms with Crippen molar-refractivity contribution in [3.63, 3.8) is 0 Å². The van der Waals surface area contributed by atoms with E-state index in [0.29, 0.717) is 36.0 Å². The molecule has 8 heteroatoms. The molecule has 148 valence electrons. The molecular formula is C21H19N3O4S. The first kappa shape index (κ1) is 18.1. The highest BCUT2D eigenvalue weighted by atomic mass is 32.1. The minimum Gasteiger partial charge on any atom is -0.486 e. The zero-order valence-corrected chi connectivity index (χ0v) is 16.9. The number of amides is 1. The van der Waals surface area contributed by atoms with Crippen LogP contribution in [0.2, 0.25) is 0 Å². The average molecular weight is 409 g/mol. The first-order valence-corrected chi connectivity index (χ1v) is 10.2. The van der Waals surface area contributed by atoms with Crippen LogP contribution in [-0.2, 0) is 4.79 Å². The summed E-state index contributed by atoms with van der Waals surface area (Å²) in [4.78, 5) is 33.4. The summed E-state index contributed by atoms with van der Waals surface area (Å²) < 4.78 is 12.3. The van der Waals surface area contributed by atoms with Crippen molar-refractivity contribution in [2.24, 2.45) is 0 Å². The van der Waals surface area contributed by atoms with Crippen LogP contribution in [0.4, 0.5) is 5.69 Å². The van der Waals surface area contributed by atoms with Gasteiger partial charge in [-0.05, 0) is 32.2 Å². The highest BCUT2D eigenvalue weighted by Crippen LogP contribution is 2.41. The second-order valence-corrected chi connectivity index (χ2v) is 8.23. The van der Waals surface area contributed by atoms with Gasteiger partial charge in [-0.25, -0.2) is 4.98 Å². The van der Waals surface area contributed by atoms with E-state index in [1.165, 1.54) is 4.90 Å². The van der Waals surface area contributed by atoms with Gasteiger partial charge in [0.2, 0.25) is 0 Å². The van der Waals surface area contributed by atoms with Crippen LogP contribution in [0.5, 0.6) is 11.5 Å². The zero-order valence-electron chi connectivity index (χ0n) is 16.0. The molecule has 0 saturated heterocycles. The van der Waals surface area contributed by atoms with Gasteiger partial charge in [-0.1, -0.05) is 12.1 Å². The zero-order chi connectivity index (χ0) is 20.1. The molecule has 2 aliphatic heterocycles. The van der Waals surface area contributed by atoms with Gasteiger partial charge in [-0.15, -0.1) is 11.3 Å². The number of carbonyl (C=O) groups excluding carboxylic acids is 2. The van der Waals surface area contributed by atoms with Crippen molar-refractivity contribution in [3.8, 4) is 11.5 Å². The largest absolute Gasteiger partial charge is 0.486 e. The Labute approximate surface area is 171 Å². The number of rotatable bonds is 4. The van der Waals surface area contributed by atoms with Gasteiger partial charge in [0.25, 0.3) is 5.78 Å². The average Bonchev–Trinajstić information content (AvgIpc) is 3.27. The molecule has 3 aromatic rings. The van der Waals surface area contributed by atoms with Gasteiger partial charge in [-0.2, -0.15) is 0 Å². The van der Waals surface area contributed by atoms with Crippen LogP contribution in [-0.4, -0.2) is 48.5 Å². The van der Waals surface area contributed by atoms with E-state index in [9.17, 15) is 9.59 Å². The van der Waals surface area contributed by atoms with Gasteiger partial charge in [0.05, 0.1) is 34.2 Å². The number of Topliss-reactive ketones (excluding diaryl/α,β-unsaturated/α-hetero) is 1. The molecule has 29 heavy (non-hydrogen) atoms. The second-order valence-electron chi connectivity index (χ2n) is 7.17. The van der Waals surface area contributed by atoms with Gasteiger partial charge in [0.15, 0.2) is 11.5 Å². The molecule has 1 unspecified atom stereocenters. The molecule has 0 aliphatic carbocycles. The Bertz CT molecular complexity index is 1110. The molecule has 0 spiro atoms. The van der Waals surface area contributed by atoms with E-state index in [-0.39, 0.29) is 12.7 Å². The Balaban J connectivity index is 1.42. The van der Waals surface area contributed by atoms with E-state index < -0.39 is 11.7 Å². The van der Waals surface area contributed by atoms with Crippen molar-refractivity contribution in [2.75, 3.05) is 31.8 Å². The first-order valence-electron chi connectivity index (χ1n) is 9.38. The van der Waals surface area contributed by atoms with E-state index in [0.717, 1.165) is 15.2 Å². The van der Waals surface area contributed by atoms with Crippen LogP contribution < -0.4 is 14.4 Å². The monoisotopic (exact) mass is 409 g/mol. The number of thiazole rings is 1. The van der Waals surface area contributed by atoms with Gasteiger partial charge in [-0.3, -0.25) is 19.4 Å². The van der Waals surface area contributed by atoms with Crippen molar-refractivity contribution in [3.05, 3.63) is 47.0 Å². The minimum atomic E-state index is -0.536. The summed E-state index contributed by atoms with van der Waals surface area (Å²) in [5.74, 6) is 0.0160. The summed E-state index contributed by atoms with van der Waals surface area (Å²) >= 11 is 1.64. The van der Waals surface area contributed by atoms with Gasteiger partial charge < -0.3 is 9.47 Å². The normalized spacial score (nSPS) is 16.6. The number of ketones is 1. The summed E-state index contributed by atoms with van der Waals surface area (Å²) in [6, 6.07) is 11.3. The van der Waals surface area contributed by atoms with E-state index in [4.69, 9.17) is 14.5 Å². The molecule has 0 radical (unpaired) electrons. The standard InChI is InChI=1S/C21H19N3O4S/c1-12(20-22-14-5-3-4-6-18(14)29-20)23(2)11-24-15-10-17-16(27-7-8-28-17)9-13(15)19(25)21(24)26/h3-6,9-10,12H,7-8,11H2,1-2H3. The van der Waals surface area contributed by atoms with E-state index >= 15 is 0 Å². The third kappa shape index (κ3) is 2.95. The fourth-order valence-corrected chi connectivity index (χ4v) is 4.66. The van der Waals surface area contributed by atoms with Crippen molar-refractivity contribution < 1.29 is 19.1 Å². The molecule has 7 nitrogen and oxygen atoms in total. The van der Waals surface area contributed by atoms with Gasteiger partial charge in [0.1, 0.15) is 18.2 Å². The lowest BCUT2D eigenvalue weighted by molar-refractivity contribution is -0.114. The predicted molar refractivity (Wildman–Crippen MR) is 110 cm³/mol. The fourth-order valence-electron chi connectivity index (χ4n) is 3.57. The van der Waals surface area contributed by atoms with E-state index in [2.05, 4.69) is 0 Å². The summed E-state index contributed by atoms with van der Waals surface area (Å²) in [5.41, 5.74) is 1.89. The van der Waals surface area contributed by atoms with Crippen molar-refractivity contribution in [1.29, 1.82) is 0 Å². The third-order valence-electron chi connectivity index (χ3n) is 5.33. The summed E-state index contributed by atoms with van der Waals surface area (Å²) in [6.45, 7) is 3.20. The number of nitrogens with zero attached hydrogens (tertiary/aromatic N) is 3. The smallest absolute Gasteiger partial charge is 0.300 e. The number of aromatic nitrogens is 1. The fraction of sp³-hybridized carbons (Fsp3) is 0.286. The molecule has 1 amide bonds. The van der Waals surface area contributed by atoms with Crippen molar-refractivity contribution in [2.45, 2.75) is 13.0 Å². The Morgan fingerprint density at radius 2 is 1.90 bits per heavy atom. The molecule has 2 aliphatic rings. The van der Waals surface area contributed by atoms with E-state index in [1.54, 1.807) is 23.5 Å². The molecule has 2 aromatic carbocycles. The SMILES string of the molecule is CC(c1nc2ccccc2s1)N(C)CN1C(=O)C(=O)c2cc3c(cc21)OCCO3. The van der Waals surface area contributed by atoms with Crippen LogP contribution >= 0.6 is 11.3 Å². The molecular weight excluding hydrogens is 390 g/mol. The summed E-state index contributed by atoms with van der Waals surface area (Å²) in [5, 5.41) is 0.967. The third-order valence-corrected chi connectivity index (χ3v) is 6.54. The number of anilines is 1. The van der Waals surface area contributed by atoms with Crippen LogP contribution in [0, 0.1) is 0 Å².